The number of ether oxygens (including phenoxy) is 2. The zero-order chi connectivity index (χ0) is 22.2. The van der Waals surface area contributed by atoms with Crippen LogP contribution in [0.4, 0.5) is 0 Å². The van der Waals surface area contributed by atoms with Crippen LogP contribution in [0.2, 0.25) is 0 Å². The van der Waals surface area contributed by atoms with Gasteiger partial charge in [-0.1, -0.05) is 38.1 Å². The summed E-state index contributed by atoms with van der Waals surface area (Å²) in [5.74, 6) is 2.11. The average molecular weight is 424 g/mol. The molecular weight excluding hydrogens is 390 g/mol. The van der Waals surface area contributed by atoms with Crippen molar-refractivity contribution in [1.29, 1.82) is 0 Å². The zero-order valence-corrected chi connectivity index (χ0v) is 18.9. The summed E-state index contributed by atoms with van der Waals surface area (Å²) in [5.41, 5.74) is 2.86. The molecule has 0 saturated carbocycles. The fraction of sp³-hybridized carbons (Fsp3) is 0.400. The largest absolute Gasteiger partial charge is 0.497 e. The summed E-state index contributed by atoms with van der Waals surface area (Å²) in [6.07, 6.45) is 1.39. The molecule has 1 atom stereocenters. The van der Waals surface area contributed by atoms with Gasteiger partial charge in [0, 0.05) is 19.2 Å². The second-order valence-electron chi connectivity index (χ2n) is 7.69. The van der Waals surface area contributed by atoms with E-state index < -0.39 is 0 Å². The van der Waals surface area contributed by atoms with Crippen molar-refractivity contribution in [2.45, 2.75) is 46.3 Å². The Hall–Kier alpha value is -2.83. The van der Waals surface area contributed by atoms with Gasteiger partial charge in [0.1, 0.15) is 11.5 Å². The van der Waals surface area contributed by atoms with Crippen LogP contribution in [0.15, 0.2) is 54.6 Å². The van der Waals surface area contributed by atoms with E-state index in [1.54, 1.807) is 7.11 Å². The maximum Gasteiger partial charge on any atom is 0.227 e. The lowest BCUT2D eigenvalue weighted by atomic mass is 10.2. The molecule has 6 heteroatoms. The molecule has 1 aromatic heterocycles. The minimum absolute atomic E-state index is 0.348. The van der Waals surface area contributed by atoms with Gasteiger partial charge < -0.3 is 14.6 Å². The second kappa shape index (κ2) is 11.0. The minimum Gasteiger partial charge on any atom is -0.497 e. The van der Waals surface area contributed by atoms with Gasteiger partial charge in [0.15, 0.2) is 0 Å². The third-order valence-electron chi connectivity index (χ3n) is 5.26. The highest BCUT2D eigenvalue weighted by molar-refractivity contribution is 5.44. The van der Waals surface area contributed by atoms with Crippen LogP contribution in [0.3, 0.4) is 0 Å². The van der Waals surface area contributed by atoms with E-state index in [4.69, 9.17) is 14.6 Å². The van der Waals surface area contributed by atoms with Crippen molar-refractivity contribution in [3.05, 3.63) is 65.9 Å². The minimum atomic E-state index is -0.348. The van der Waals surface area contributed by atoms with Gasteiger partial charge in [-0.2, -0.15) is 5.10 Å². The number of hydrogen-bond donors (Lipinski definition) is 1. The van der Waals surface area contributed by atoms with Crippen molar-refractivity contribution < 1.29 is 14.6 Å². The number of aromatic nitrogens is 2. The fourth-order valence-electron chi connectivity index (χ4n) is 3.55. The molecule has 2 aromatic carbocycles. The maximum absolute atomic E-state index is 10.2. The highest BCUT2D eigenvalue weighted by Gasteiger charge is 2.22. The predicted molar refractivity (Wildman–Crippen MR) is 123 cm³/mol. The van der Waals surface area contributed by atoms with Crippen LogP contribution < -0.4 is 9.47 Å². The van der Waals surface area contributed by atoms with E-state index in [1.165, 1.54) is 0 Å². The Kier molecular flexibility index (Phi) is 8.09. The lowest BCUT2D eigenvalue weighted by Gasteiger charge is -2.24. The monoisotopic (exact) mass is 423 g/mol. The molecule has 3 rings (SSSR count). The summed E-state index contributed by atoms with van der Waals surface area (Å²) in [6.45, 7) is 8.34. The summed E-state index contributed by atoms with van der Waals surface area (Å²) in [6, 6.07) is 17.6. The number of rotatable bonds is 11. The third kappa shape index (κ3) is 5.87. The second-order valence-corrected chi connectivity index (χ2v) is 7.69. The molecule has 6 nitrogen and oxygen atoms in total. The first kappa shape index (κ1) is 22.8. The molecule has 0 spiro atoms. The Labute approximate surface area is 185 Å². The molecule has 166 valence electrons. The zero-order valence-electron chi connectivity index (χ0n) is 18.9. The lowest BCUT2D eigenvalue weighted by molar-refractivity contribution is 0.105. The van der Waals surface area contributed by atoms with Crippen LogP contribution in [0.25, 0.3) is 5.69 Å². The summed E-state index contributed by atoms with van der Waals surface area (Å²) in [4.78, 5) is 2.27. The average Bonchev–Trinajstić information content (AvgIpc) is 3.09. The van der Waals surface area contributed by atoms with Crippen molar-refractivity contribution in [3.63, 3.8) is 0 Å². The molecule has 3 aromatic rings. The van der Waals surface area contributed by atoms with Gasteiger partial charge in [0.05, 0.1) is 30.2 Å². The normalized spacial score (nSPS) is 12.2. The van der Waals surface area contributed by atoms with E-state index in [1.807, 2.05) is 73.1 Å². The van der Waals surface area contributed by atoms with Crippen molar-refractivity contribution in [3.8, 4) is 23.1 Å². The predicted octanol–water partition coefficient (Wildman–Crippen LogP) is 4.96. The van der Waals surface area contributed by atoms with Gasteiger partial charge in [-0.15, -0.1) is 0 Å². The van der Waals surface area contributed by atoms with Gasteiger partial charge in [-0.3, -0.25) is 4.90 Å². The number of para-hydroxylation sites is 1. The van der Waals surface area contributed by atoms with Gasteiger partial charge >= 0.3 is 0 Å². The smallest absolute Gasteiger partial charge is 0.227 e. The molecule has 31 heavy (non-hydrogen) atoms. The highest BCUT2D eigenvalue weighted by atomic mass is 16.5. The van der Waals surface area contributed by atoms with Crippen LogP contribution >= 0.6 is 0 Å². The van der Waals surface area contributed by atoms with Crippen LogP contribution in [-0.2, 0) is 6.54 Å². The van der Waals surface area contributed by atoms with Gasteiger partial charge in [-0.05, 0) is 50.6 Å². The third-order valence-corrected chi connectivity index (χ3v) is 5.26. The van der Waals surface area contributed by atoms with E-state index in [-0.39, 0.29) is 6.10 Å². The lowest BCUT2D eigenvalue weighted by Crippen LogP contribution is -2.32. The van der Waals surface area contributed by atoms with E-state index in [0.717, 1.165) is 42.1 Å². The van der Waals surface area contributed by atoms with Gasteiger partial charge in [-0.25, -0.2) is 4.68 Å². The topological polar surface area (TPSA) is 59.8 Å². The molecule has 0 aliphatic heterocycles. The first-order valence-corrected chi connectivity index (χ1v) is 10.9. The standard InChI is InChI=1S/C25H33N3O3/c1-5-15-27(17-21(29)6-2)18-24-19(3)26-28(20-11-8-7-9-12-20)25(24)31-23-14-10-13-22(16-23)30-4/h7-14,16,21,29H,5-6,15,17-18H2,1-4H3/t21-/m0/s1. The van der Waals surface area contributed by atoms with Crippen LogP contribution in [0.5, 0.6) is 17.4 Å². The molecule has 1 N–H and O–H groups in total. The summed E-state index contributed by atoms with van der Waals surface area (Å²) in [5, 5.41) is 15.0. The van der Waals surface area contributed by atoms with Gasteiger partial charge in [0.25, 0.3) is 0 Å². The Morgan fingerprint density at radius 1 is 1.06 bits per heavy atom. The molecule has 0 aliphatic rings. The first-order chi connectivity index (χ1) is 15.0. The number of benzene rings is 2. The van der Waals surface area contributed by atoms with E-state index in [2.05, 4.69) is 11.8 Å². The maximum atomic E-state index is 10.2. The summed E-state index contributed by atoms with van der Waals surface area (Å²) >= 11 is 0. The number of aliphatic hydroxyl groups is 1. The first-order valence-electron chi connectivity index (χ1n) is 10.9. The number of aliphatic hydroxyl groups excluding tert-OH is 1. The van der Waals surface area contributed by atoms with Crippen molar-refractivity contribution in [2.75, 3.05) is 20.2 Å². The van der Waals surface area contributed by atoms with Crippen molar-refractivity contribution >= 4 is 0 Å². The molecule has 0 unspecified atom stereocenters. The Bertz CT molecular complexity index is 956. The molecule has 0 saturated heterocycles. The SMILES string of the molecule is CCCN(Cc1c(C)nn(-c2ccccc2)c1Oc1cccc(OC)c1)C[C@@H](O)CC. The molecule has 0 radical (unpaired) electrons. The molecule has 0 amide bonds. The summed E-state index contributed by atoms with van der Waals surface area (Å²) in [7, 11) is 1.64. The number of aryl methyl sites for hydroxylation is 1. The molecule has 0 bridgehead atoms. The molecule has 0 aliphatic carbocycles. The van der Waals surface area contributed by atoms with E-state index in [9.17, 15) is 5.11 Å². The van der Waals surface area contributed by atoms with Crippen LogP contribution in [0, 0.1) is 6.92 Å². The molecule has 1 heterocycles. The van der Waals surface area contributed by atoms with Gasteiger partial charge in [0.2, 0.25) is 5.88 Å². The Morgan fingerprint density at radius 3 is 2.48 bits per heavy atom. The Morgan fingerprint density at radius 2 is 1.81 bits per heavy atom. The van der Waals surface area contributed by atoms with Crippen molar-refractivity contribution in [2.24, 2.45) is 0 Å². The quantitative estimate of drug-likeness (QED) is 0.472. The Balaban J connectivity index is 2.01. The summed E-state index contributed by atoms with van der Waals surface area (Å²) < 4.78 is 13.6. The molecule has 0 fully saturated rings. The molecular formula is C25H33N3O3. The fourth-order valence-corrected chi connectivity index (χ4v) is 3.55. The number of hydrogen-bond acceptors (Lipinski definition) is 5. The van der Waals surface area contributed by atoms with Crippen LogP contribution in [-0.4, -0.2) is 46.1 Å². The number of methoxy groups -OCH3 is 1. The van der Waals surface area contributed by atoms with Crippen molar-refractivity contribution in [1.82, 2.24) is 14.7 Å². The number of nitrogens with zero attached hydrogens (tertiary/aromatic N) is 3. The van der Waals surface area contributed by atoms with Crippen LogP contribution in [0.1, 0.15) is 37.9 Å². The van der Waals surface area contributed by atoms with E-state index >= 15 is 0 Å². The van der Waals surface area contributed by atoms with E-state index in [0.29, 0.717) is 24.7 Å². The highest BCUT2D eigenvalue weighted by Crippen LogP contribution is 2.33.